The van der Waals surface area contributed by atoms with Crippen molar-refractivity contribution in [2.45, 2.75) is 13.0 Å². The Bertz CT molecular complexity index is 592. The molecule has 0 spiro atoms. The summed E-state index contributed by atoms with van der Waals surface area (Å²) in [4.78, 5) is 13.4. The fourth-order valence-corrected chi connectivity index (χ4v) is 1.74. The first-order chi connectivity index (χ1) is 9.15. The molecule has 6 nitrogen and oxygen atoms in total. The highest BCUT2D eigenvalue weighted by Gasteiger charge is 2.11. The van der Waals surface area contributed by atoms with Crippen LogP contribution in [-0.4, -0.2) is 19.7 Å². The maximum atomic E-state index is 10.4. The van der Waals surface area contributed by atoms with E-state index in [0.717, 1.165) is 16.5 Å². The molecule has 0 saturated heterocycles. The Morgan fingerprint density at radius 2 is 2.11 bits per heavy atom. The standard InChI is InChI=1S/C12H11BrN4O2/c13-11-6-4-10(5-7-11)3-1-2-8-16-9-14-12(15-16)17(18)19/h1,3-7,9H,2,8H2/b3-1+. The van der Waals surface area contributed by atoms with Gasteiger partial charge in [0.1, 0.15) is 0 Å². The molecule has 0 saturated carbocycles. The molecule has 1 heterocycles. The van der Waals surface area contributed by atoms with E-state index < -0.39 is 4.92 Å². The third-order valence-corrected chi connectivity index (χ3v) is 2.92. The molecular weight excluding hydrogens is 312 g/mol. The van der Waals surface area contributed by atoms with Crippen molar-refractivity contribution in [3.63, 3.8) is 0 Å². The minimum atomic E-state index is -0.603. The molecule has 0 amide bonds. The van der Waals surface area contributed by atoms with Crippen molar-refractivity contribution in [2.75, 3.05) is 0 Å². The largest absolute Gasteiger partial charge is 0.490 e. The normalized spacial score (nSPS) is 11.0. The summed E-state index contributed by atoms with van der Waals surface area (Å²) >= 11 is 3.37. The summed E-state index contributed by atoms with van der Waals surface area (Å²) < 4.78 is 2.50. The number of benzene rings is 1. The van der Waals surface area contributed by atoms with Gasteiger partial charge in [-0.2, -0.15) is 4.68 Å². The van der Waals surface area contributed by atoms with E-state index in [2.05, 4.69) is 26.0 Å². The number of hydrogen-bond donors (Lipinski definition) is 0. The molecule has 0 bridgehead atoms. The monoisotopic (exact) mass is 322 g/mol. The average molecular weight is 323 g/mol. The SMILES string of the molecule is O=[N+]([O-])c1ncn(CC/C=C/c2ccc(Br)cc2)n1. The molecular formula is C12H11BrN4O2. The van der Waals surface area contributed by atoms with Crippen LogP contribution in [0.5, 0.6) is 0 Å². The maximum Gasteiger partial charge on any atom is 0.490 e. The smallest absolute Gasteiger partial charge is 0.390 e. The Kier molecular flexibility index (Phi) is 4.40. The molecule has 98 valence electrons. The molecule has 0 atom stereocenters. The zero-order valence-electron chi connectivity index (χ0n) is 9.94. The van der Waals surface area contributed by atoms with E-state index in [0.29, 0.717) is 6.54 Å². The first-order valence-corrected chi connectivity index (χ1v) is 6.40. The van der Waals surface area contributed by atoms with Gasteiger partial charge in [-0.15, -0.1) is 0 Å². The van der Waals surface area contributed by atoms with E-state index in [1.807, 2.05) is 36.4 Å². The molecule has 0 aliphatic carbocycles. The van der Waals surface area contributed by atoms with Gasteiger partial charge >= 0.3 is 5.95 Å². The third kappa shape index (κ3) is 3.99. The van der Waals surface area contributed by atoms with Crippen LogP contribution < -0.4 is 0 Å². The van der Waals surface area contributed by atoms with Gasteiger partial charge in [-0.05, 0) is 29.0 Å². The number of halogens is 1. The number of nitrogens with zero attached hydrogens (tertiary/aromatic N) is 4. The van der Waals surface area contributed by atoms with E-state index >= 15 is 0 Å². The van der Waals surface area contributed by atoms with E-state index in [1.165, 1.54) is 11.0 Å². The maximum absolute atomic E-state index is 10.4. The van der Waals surface area contributed by atoms with Crippen molar-refractivity contribution in [1.82, 2.24) is 14.8 Å². The van der Waals surface area contributed by atoms with E-state index in [4.69, 9.17) is 0 Å². The van der Waals surface area contributed by atoms with E-state index in [1.54, 1.807) is 0 Å². The van der Waals surface area contributed by atoms with Crippen LogP contribution in [0.25, 0.3) is 6.08 Å². The predicted molar refractivity (Wildman–Crippen MR) is 74.5 cm³/mol. The van der Waals surface area contributed by atoms with Crippen molar-refractivity contribution in [3.05, 3.63) is 56.8 Å². The second-order valence-corrected chi connectivity index (χ2v) is 4.72. The summed E-state index contributed by atoms with van der Waals surface area (Å²) in [5, 5.41) is 14.1. The van der Waals surface area contributed by atoms with E-state index in [9.17, 15) is 10.1 Å². The average Bonchev–Trinajstić information content (AvgIpc) is 2.86. The van der Waals surface area contributed by atoms with Crippen molar-refractivity contribution in [3.8, 4) is 0 Å². The Labute approximate surface area is 118 Å². The molecule has 0 radical (unpaired) electrons. The number of aromatic nitrogens is 3. The molecule has 0 unspecified atom stereocenters. The minimum absolute atomic E-state index is 0.364. The fraction of sp³-hybridized carbons (Fsp3) is 0.167. The second-order valence-electron chi connectivity index (χ2n) is 3.81. The zero-order valence-corrected chi connectivity index (χ0v) is 11.5. The number of nitro groups is 1. The number of rotatable bonds is 5. The quantitative estimate of drug-likeness (QED) is 0.626. The van der Waals surface area contributed by atoms with Gasteiger partial charge in [-0.3, -0.25) is 0 Å². The summed E-state index contributed by atoms with van der Waals surface area (Å²) in [7, 11) is 0. The van der Waals surface area contributed by atoms with E-state index in [-0.39, 0.29) is 5.95 Å². The minimum Gasteiger partial charge on any atom is -0.390 e. The second kappa shape index (κ2) is 6.24. The molecule has 2 rings (SSSR count). The molecule has 2 aromatic rings. The van der Waals surface area contributed by atoms with Gasteiger partial charge in [0.05, 0.1) is 6.54 Å². The van der Waals surface area contributed by atoms with Gasteiger partial charge in [0.25, 0.3) is 0 Å². The lowest BCUT2D eigenvalue weighted by Crippen LogP contribution is -1.98. The summed E-state index contributed by atoms with van der Waals surface area (Å²) in [5.41, 5.74) is 1.10. The first kappa shape index (κ1) is 13.4. The van der Waals surface area contributed by atoms with Gasteiger partial charge in [-0.25, -0.2) is 0 Å². The molecule has 0 fully saturated rings. The summed E-state index contributed by atoms with van der Waals surface area (Å²) in [6, 6.07) is 7.95. The van der Waals surface area contributed by atoms with Crippen molar-refractivity contribution in [1.29, 1.82) is 0 Å². The van der Waals surface area contributed by atoms with Crippen molar-refractivity contribution < 1.29 is 4.92 Å². The zero-order chi connectivity index (χ0) is 13.7. The van der Waals surface area contributed by atoms with Crippen LogP contribution in [0, 0.1) is 10.1 Å². The van der Waals surface area contributed by atoms with Crippen LogP contribution >= 0.6 is 15.9 Å². The molecule has 19 heavy (non-hydrogen) atoms. The fourth-order valence-electron chi connectivity index (χ4n) is 1.48. The van der Waals surface area contributed by atoms with Crippen LogP contribution in [0.3, 0.4) is 0 Å². The lowest BCUT2D eigenvalue weighted by atomic mass is 10.2. The highest BCUT2D eigenvalue weighted by atomic mass is 79.9. The first-order valence-electron chi connectivity index (χ1n) is 5.61. The summed E-state index contributed by atoms with van der Waals surface area (Å²) in [5.74, 6) is -0.364. The summed E-state index contributed by atoms with van der Waals surface area (Å²) in [6.45, 7) is 0.563. The van der Waals surface area contributed by atoms with Gasteiger partial charge in [-0.1, -0.05) is 45.2 Å². The van der Waals surface area contributed by atoms with Gasteiger partial charge in [0.2, 0.25) is 6.33 Å². The van der Waals surface area contributed by atoms with Crippen LogP contribution in [0.1, 0.15) is 12.0 Å². The number of allylic oxidation sites excluding steroid dienone is 1. The molecule has 7 heteroatoms. The predicted octanol–water partition coefficient (Wildman–Crippen LogP) is 3.05. The highest BCUT2D eigenvalue weighted by molar-refractivity contribution is 9.10. The van der Waals surface area contributed by atoms with Crippen LogP contribution in [0.4, 0.5) is 5.95 Å². The van der Waals surface area contributed by atoms with Gasteiger partial charge in [0.15, 0.2) is 0 Å². The molecule has 1 aromatic carbocycles. The van der Waals surface area contributed by atoms with Gasteiger partial charge in [0, 0.05) is 9.57 Å². The number of aryl methyl sites for hydroxylation is 1. The molecule has 0 N–H and O–H groups in total. The third-order valence-electron chi connectivity index (χ3n) is 2.39. The van der Waals surface area contributed by atoms with Crippen molar-refractivity contribution in [2.24, 2.45) is 0 Å². The Balaban J connectivity index is 1.85. The molecule has 0 aliphatic rings. The lowest BCUT2D eigenvalue weighted by molar-refractivity contribution is -0.394. The van der Waals surface area contributed by atoms with Crippen LogP contribution in [-0.2, 0) is 6.54 Å². The topological polar surface area (TPSA) is 73.8 Å². The van der Waals surface area contributed by atoms with Crippen molar-refractivity contribution >= 4 is 28.0 Å². The Hall–Kier alpha value is -2.02. The molecule has 0 aliphatic heterocycles. The number of hydrogen-bond acceptors (Lipinski definition) is 4. The lowest BCUT2D eigenvalue weighted by Gasteiger charge is -1.94. The summed E-state index contributed by atoms with van der Waals surface area (Å²) in [6.07, 6.45) is 6.09. The Morgan fingerprint density at radius 3 is 2.74 bits per heavy atom. The highest BCUT2D eigenvalue weighted by Crippen LogP contribution is 2.11. The Morgan fingerprint density at radius 1 is 1.37 bits per heavy atom. The van der Waals surface area contributed by atoms with Gasteiger partial charge < -0.3 is 10.1 Å². The molecule has 1 aromatic heterocycles. The van der Waals surface area contributed by atoms with Crippen LogP contribution in [0.15, 0.2) is 41.1 Å². The van der Waals surface area contributed by atoms with Crippen LogP contribution in [0.2, 0.25) is 0 Å².